The van der Waals surface area contributed by atoms with Crippen molar-refractivity contribution >= 4 is 39.4 Å². The molecule has 12 nitrogen and oxygen atoms in total. The van der Waals surface area contributed by atoms with Gasteiger partial charge in [-0.2, -0.15) is 0 Å². The van der Waals surface area contributed by atoms with Crippen molar-refractivity contribution in [2.24, 2.45) is 33.7 Å². The van der Waals surface area contributed by atoms with Gasteiger partial charge in [-0.3, -0.25) is 9.59 Å². The smallest absolute Gasteiger partial charge is 0.302 e. The van der Waals surface area contributed by atoms with Crippen molar-refractivity contribution in [2.75, 3.05) is 25.5 Å². The van der Waals surface area contributed by atoms with Crippen LogP contribution in [0.15, 0.2) is 34.6 Å². The highest BCUT2D eigenvalue weighted by atomic mass is 33.1. The minimum atomic E-state index is -0.559. The fourth-order valence-electron chi connectivity index (χ4n) is 10.3. The number of guanidine groups is 1. The number of ether oxygens (including phenoxy) is 2. The van der Waals surface area contributed by atoms with Crippen molar-refractivity contribution in [3.8, 4) is 11.5 Å². The fraction of sp³-hybridized carbons (Fsp3) is 0.698. The maximum absolute atomic E-state index is 14.0. The average molecular weight is 825 g/mol. The van der Waals surface area contributed by atoms with Crippen molar-refractivity contribution < 1.29 is 29.3 Å². The number of nitrogens with two attached hydrogens (primary N) is 2. The number of amides is 1. The van der Waals surface area contributed by atoms with E-state index in [0.29, 0.717) is 111 Å². The zero-order chi connectivity index (χ0) is 39.9. The lowest BCUT2D eigenvalue weighted by molar-refractivity contribution is -0.148. The predicted molar refractivity (Wildman–Crippen MR) is 227 cm³/mol. The number of nitrogens with one attached hydrogen (secondary N) is 2. The van der Waals surface area contributed by atoms with Gasteiger partial charge in [0.2, 0.25) is 5.91 Å². The molecule has 2 saturated carbocycles. The van der Waals surface area contributed by atoms with Crippen LogP contribution in [0.1, 0.15) is 120 Å². The van der Waals surface area contributed by atoms with Gasteiger partial charge in [-0.25, -0.2) is 4.99 Å². The number of benzene rings is 1. The van der Waals surface area contributed by atoms with Crippen LogP contribution in [0.2, 0.25) is 0 Å². The third kappa shape index (κ3) is 11.1. The highest BCUT2D eigenvalue weighted by molar-refractivity contribution is 8.76. The summed E-state index contributed by atoms with van der Waals surface area (Å²) in [5, 5.41) is 30.3. The third-order valence-corrected chi connectivity index (χ3v) is 15.9. The Hall–Kier alpha value is -3.23. The highest BCUT2D eigenvalue weighted by Gasteiger charge is 2.44. The van der Waals surface area contributed by atoms with Crippen LogP contribution in [0.4, 0.5) is 0 Å². The Morgan fingerprint density at radius 3 is 2.70 bits per heavy atom. The van der Waals surface area contributed by atoms with Gasteiger partial charge in [0.1, 0.15) is 12.2 Å². The summed E-state index contributed by atoms with van der Waals surface area (Å²) < 4.78 is 12.6. The van der Waals surface area contributed by atoms with Crippen LogP contribution < -0.4 is 26.8 Å². The topological polar surface area (TPSA) is 185 Å². The van der Waals surface area contributed by atoms with E-state index in [2.05, 4.69) is 27.8 Å². The van der Waals surface area contributed by atoms with Gasteiger partial charge < -0.3 is 46.7 Å². The first-order valence-electron chi connectivity index (χ1n) is 21.4. The Kier molecular flexibility index (Phi) is 14.1. The molecule has 5 unspecified atom stereocenters. The number of allylic oxidation sites excluding steroid dienone is 2. The molecule has 14 heteroatoms. The molecule has 5 heterocycles. The summed E-state index contributed by atoms with van der Waals surface area (Å²) in [5.74, 6) is 3.02. The van der Waals surface area contributed by atoms with E-state index in [9.17, 15) is 19.8 Å². The first-order chi connectivity index (χ1) is 27.5. The number of fused-ring (bicyclic) bond motifs is 16. The number of esters is 1. The number of phenolic OH excluding ortho intramolecular Hbond substituents is 1. The summed E-state index contributed by atoms with van der Waals surface area (Å²) in [6.45, 7) is 3.42. The van der Waals surface area contributed by atoms with E-state index in [-0.39, 0.29) is 35.7 Å². The molecule has 0 aromatic heterocycles. The molecule has 5 aliphatic heterocycles. The molecule has 1 aromatic rings. The van der Waals surface area contributed by atoms with Crippen molar-refractivity contribution in [3.05, 3.63) is 46.3 Å². The van der Waals surface area contributed by atoms with E-state index in [1.807, 2.05) is 21.8 Å². The number of aryl methyl sites for hydroxylation is 1. The Balaban J connectivity index is 1.18. The number of carbonyl (C=O) groups is 2. The van der Waals surface area contributed by atoms with Crippen molar-refractivity contribution in [3.63, 3.8) is 0 Å². The maximum atomic E-state index is 14.0. The van der Waals surface area contributed by atoms with Gasteiger partial charge in [0, 0.05) is 67.7 Å². The molecular weight excluding hydrogens is 761 g/mol. The van der Waals surface area contributed by atoms with Gasteiger partial charge in [-0.1, -0.05) is 27.7 Å². The second-order valence-corrected chi connectivity index (χ2v) is 20.2. The van der Waals surface area contributed by atoms with Gasteiger partial charge in [-0.15, -0.1) is 0 Å². The molecule has 6 bridgehead atoms. The monoisotopic (exact) mass is 824 g/mol. The molecule has 0 radical (unpaired) electrons. The number of hydrogen-bond donors (Lipinski definition) is 6. The molecule has 8 N–H and O–H groups in total. The molecule has 57 heavy (non-hydrogen) atoms. The number of nitrogens with zero attached hydrogens (tertiary/aromatic N) is 2. The number of aliphatic imine (C=N–C) groups is 1. The number of aromatic hydroxyl groups is 1. The van der Waals surface area contributed by atoms with Crippen LogP contribution in [0.5, 0.6) is 11.5 Å². The molecule has 7 aliphatic rings. The largest absolute Gasteiger partial charge is 0.504 e. The first kappa shape index (κ1) is 41.9. The van der Waals surface area contributed by atoms with E-state index in [0.717, 1.165) is 80.9 Å². The minimum absolute atomic E-state index is 0.0413. The Labute approximate surface area is 346 Å². The maximum Gasteiger partial charge on any atom is 0.302 e. The average Bonchev–Trinajstić information content (AvgIpc) is 3.69. The van der Waals surface area contributed by atoms with Crippen LogP contribution in [-0.4, -0.2) is 82.0 Å². The van der Waals surface area contributed by atoms with Crippen LogP contribution in [0.3, 0.4) is 0 Å². The van der Waals surface area contributed by atoms with E-state index in [1.54, 1.807) is 10.8 Å². The zero-order valence-electron chi connectivity index (χ0n) is 33.6. The first-order valence-corrected chi connectivity index (χ1v) is 23.8. The van der Waals surface area contributed by atoms with E-state index in [1.165, 1.54) is 6.92 Å². The lowest BCUT2D eigenvalue weighted by Gasteiger charge is -2.31. The molecule has 1 aromatic carbocycles. The number of aliphatic hydroxyl groups excluding tert-OH is 1. The van der Waals surface area contributed by atoms with Gasteiger partial charge in [-0.05, 0) is 131 Å². The summed E-state index contributed by atoms with van der Waals surface area (Å²) in [4.78, 5) is 32.8. The van der Waals surface area contributed by atoms with Crippen molar-refractivity contribution in [1.82, 2.24) is 15.5 Å². The molecule has 1 amide bonds. The van der Waals surface area contributed by atoms with Crippen LogP contribution >= 0.6 is 21.6 Å². The van der Waals surface area contributed by atoms with Crippen LogP contribution in [0.25, 0.3) is 0 Å². The van der Waals surface area contributed by atoms with Crippen molar-refractivity contribution in [2.45, 2.75) is 146 Å². The van der Waals surface area contributed by atoms with Gasteiger partial charge in [0.25, 0.3) is 0 Å². The summed E-state index contributed by atoms with van der Waals surface area (Å²) in [6.07, 6.45) is 17.7. The van der Waals surface area contributed by atoms with Gasteiger partial charge in [0.05, 0.1) is 17.8 Å². The summed E-state index contributed by atoms with van der Waals surface area (Å²) in [5.41, 5.74) is 16.0. The predicted octanol–water partition coefficient (Wildman–Crippen LogP) is 5.93. The molecular formula is C43H64N6O6S2. The minimum Gasteiger partial charge on any atom is -0.504 e. The fourth-order valence-corrected chi connectivity index (χ4v) is 12.7. The molecule has 8 rings (SSSR count). The third-order valence-electron chi connectivity index (χ3n) is 13.3. The van der Waals surface area contributed by atoms with Crippen LogP contribution in [-0.2, 0) is 33.7 Å². The lowest BCUT2D eigenvalue weighted by atomic mass is 9.77. The molecule has 3 fully saturated rings. The van der Waals surface area contributed by atoms with Crippen LogP contribution in [0, 0.1) is 17.3 Å². The number of carbonyl (C=O) groups excluding carboxylic acids is 2. The molecule has 314 valence electrons. The van der Waals surface area contributed by atoms with Gasteiger partial charge in [0.15, 0.2) is 17.5 Å². The molecule has 5 atom stereocenters. The van der Waals surface area contributed by atoms with Gasteiger partial charge >= 0.3 is 5.97 Å². The SMILES string of the molecule is CC(=O)OC1CCc2cc(c(O)c3c2CCC2CCCC2O3)CN2CC(CC3=CCNC(N)=C3)(CCNC(N)=NCSSC3CCC(CCC(O)C1)CC3)CC2=O. The zero-order valence-corrected chi connectivity index (χ0v) is 35.3. The summed E-state index contributed by atoms with van der Waals surface area (Å²) in [6, 6.07) is 2.06. The summed E-state index contributed by atoms with van der Waals surface area (Å²) in [7, 11) is 3.64. The lowest BCUT2D eigenvalue weighted by Crippen LogP contribution is -2.37. The van der Waals surface area contributed by atoms with E-state index < -0.39 is 12.2 Å². The van der Waals surface area contributed by atoms with E-state index in [4.69, 9.17) is 20.9 Å². The van der Waals surface area contributed by atoms with E-state index >= 15 is 0 Å². The number of phenols is 1. The molecule has 2 aliphatic carbocycles. The molecule has 0 spiro atoms. The normalized spacial score (nSPS) is 31.9. The van der Waals surface area contributed by atoms with Crippen molar-refractivity contribution in [1.29, 1.82) is 0 Å². The highest BCUT2D eigenvalue weighted by Crippen LogP contribution is 2.47. The Morgan fingerprint density at radius 1 is 1.07 bits per heavy atom. The quantitative estimate of drug-likeness (QED) is 0.156. The number of rotatable bonds is 3. The number of aliphatic hydroxyl groups is 1. The Bertz CT molecular complexity index is 1700. The summed E-state index contributed by atoms with van der Waals surface area (Å²) >= 11 is 0. The standard InChI is InChI=1S/C43H64N6O6S2/c1-27(50)54-34-11-8-31-20-32(40(53)41-36(31)14-9-30-3-2-4-37(30)55-41)24-49-25-43(23-39(49)52,22-29-15-17-46-38(44)19-29)16-18-47-42(45)48-26-56-57-35-12-6-28(7-13-35)5-10-33(51)21-34/h15,19-20,28,30,33-35,37,46,51,53H,2-14,16-18,21-26,44H2,1H3,(H3,45,47,48). The number of dihydropyridines is 1. The second-order valence-electron chi connectivity index (χ2n) is 17.5. The Morgan fingerprint density at radius 2 is 1.89 bits per heavy atom. The molecule has 1 saturated heterocycles. The second kappa shape index (κ2) is 19.2. The number of hydrogen-bond acceptors (Lipinski definition) is 13.